The maximum absolute atomic E-state index is 13.7. The van der Waals surface area contributed by atoms with Gasteiger partial charge < -0.3 is 9.47 Å². The molecule has 0 saturated heterocycles. The lowest BCUT2D eigenvalue weighted by Crippen LogP contribution is -2.34. The lowest BCUT2D eigenvalue weighted by atomic mass is 9.87. The Balaban J connectivity index is 1.97. The highest BCUT2D eigenvalue weighted by Gasteiger charge is 2.37. The third-order valence-corrected chi connectivity index (χ3v) is 9.58. The van der Waals surface area contributed by atoms with Crippen LogP contribution in [-0.2, 0) is 43.0 Å². The lowest BCUT2D eigenvalue weighted by Gasteiger charge is -2.33. The van der Waals surface area contributed by atoms with Gasteiger partial charge in [-0.1, -0.05) is 26.0 Å². The summed E-state index contributed by atoms with van der Waals surface area (Å²) in [5, 5.41) is -0.508. The van der Waals surface area contributed by atoms with E-state index in [1.807, 2.05) is 0 Å². The molecule has 2 atom stereocenters. The molecule has 3 rings (SSSR count). The second-order valence-electron chi connectivity index (χ2n) is 10.7. The monoisotopic (exact) mass is 589 g/mol. The van der Waals surface area contributed by atoms with Crippen molar-refractivity contribution in [3.63, 3.8) is 0 Å². The van der Waals surface area contributed by atoms with Gasteiger partial charge in [0, 0.05) is 17.2 Å². The summed E-state index contributed by atoms with van der Waals surface area (Å²) < 4.78 is 93.0. The molecule has 0 saturated carbocycles. The standard InChI is InChI=1S/C27H34F3NO6S2/c1-17(2)38(33)19-13-18(27(28,29)30)14-20(15-19)39(34,35)31(6)23-11-7-10-22-21(23)9-8-12-24(22)36-16-25(32)37-26(3,4)5/h8-9,12-15,17,23H,7,10-11,16H2,1-6H3/t23?,38-/m1/s1. The van der Waals surface area contributed by atoms with Gasteiger partial charge in [0.25, 0.3) is 0 Å². The Morgan fingerprint density at radius 3 is 2.41 bits per heavy atom. The highest BCUT2D eigenvalue weighted by Crippen LogP contribution is 2.41. The molecule has 2 aromatic rings. The summed E-state index contributed by atoms with van der Waals surface area (Å²) >= 11 is 0. The van der Waals surface area contributed by atoms with Crippen molar-refractivity contribution >= 4 is 26.8 Å². The van der Waals surface area contributed by atoms with Crippen LogP contribution in [0.2, 0.25) is 0 Å². The molecular formula is C27H34F3NO6S2. The molecule has 1 aliphatic carbocycles. The molecule has 39 heavy (non-hydrogen) atoms. The zero-order valence-electron chi connectivity index (χ0n) is 22.8. The zero-order valence-corrected chi connectivity index (χ0v) is 24.4. The summed E-state index contributed by atoms with van der Waals surface area (Å²) in [6, 6.07) is 6.79. The van der Waals surface area contributed by atoms with Gasteiger partial charge in [0.1, 0.15) is 11.4 Å². The molecule has 0 radical (unpaired) electrons. The first-order chi connectivity index (χ1) is 17.9. The summed E-state index contributed by atoms with van der Waals surface area (Å²) in [7, 11) is -4.93. The van der Waals surface area contributed by atoms with Crippen molar-refractivity contribution in [3.05, 3.63) is 53.1 Å². The van der Waals surface area contributed by atoms with Gasteiger partial charge >= 0.3 is 12.1 Å². The van der Waals surface area contributed by atoms with Crippen LogP contribution >= 0.6 is 0 Å². The fraction of sp³-hybridized carbons (Fsp3) is 0.519. The molecule has 0 aromatic heterocycles. The Labute approximate surface area is 230 Å². The molecule has 0 heterocycles. The molecule has 0 amide bonds. The molecule has 2 aromatic carbocycles. The minimum absolute atomic E-state index is 0.200. The van der Waals surface area contributed by atoms with Gasteiger partial charge in [0.05, 0.1) is 27.3 Å². The largest absolute Gasteiger partial charge is 0.482 e. The van der Waals surface area contributed by atoms with Crippen molar-refractivity contribution in [1.82, 2.24) is 4.31 Å². The quantitative estimate of drug-likeness (QED) is 0.370. The van der Waals surface area contributed by atoms with Crippen LogP contribution in [0.4, 0.5) is 13.2 Å². The number of fused-ring (bicyclic) bond motifs is 1. The van der Waals surface area contributed by atoms with Gasteiger partial charge in [-0.25, -0.2) is 13.2 Å². The molecule has 0 fully saturated rings. The number of hydrogen-bond donors (Lipinski definition) is 0. The van der Waals surface area contributed by atoms with Crippen LogP contribution < -0.4 is 4.74 Å². The van der Waals surface area contributed by atoms with E-state index in [2.05, 4.69) is 0 Å². The average molecular weight is 590 g/mol. The van der Waals surface area contributed by atoms with E-state index in [4.69, 9.17) is 9.47 Å². The van der Waals surface area contributed by atoms with Gasteiger partial charge in [-0.15, -0.1) is 0 Å². The Morgan fingerprint density at radius 1 is 1.15 bits per heavy atom. The van der Waals surface area contributed by atoms with Crippen molar-refractivity contribution in [3.8, 4) is 5.75 Å². The summed E-state index contributed by atoms with van der Waals surface area (Å²) in [5.74, 6) is -0.131. The highest BCUT2D eigenvalue weighted by atomic mass is 32.2. The third kappa shape index (κ3) is 7.40. The number of carbonyl (C=O) groups is 1. The van der Waals surface area contributed by atoms with Gasteiger partial charge in [0.2, 0.25) is 10.0 Å². The van der Waals surface area contributed by atoms with Crippen LogP contribution in [0.15, 0.2) is 46.2 Å². The number of benzene rings is 2. The number of rotatable bonds is 8. The van der Waals surface area contributed by atoms with Gasteiger partial charge in [-0.05, 0) is 75.4 Å². The van der Waals surface area contributed by atoms with E-state index < -0.39 is 60.3 Å². The molecule has 0 aliphatic heterocycles. The molecule has 1 unspecified atom stereocenters. The number of hydrogen-bond acceptors (Lipinski definition) is 6. The van der Waals surface area contributed by atoms with Crippen LogP contribution in [0.3, 0.4) is 0 Å². The normalized spacial score (nSPS) is 17.2. The second-order valence-corrected chi connectivity index (χ2v) is 14.7. The number of halogens is 3. The second kappa shape index (κ2) is 11.6. The Morgan fingerprint density at radius 2 is 1.82 bits per heavy atom. The van der Waals surface area contributed by atoms with Crippen molar-refractivity contribution in [1.29, 1.82) is 0 Å². The first-order valence-corrected chi connectivity index (χ1v) is 15.1. The maximum atomic E-state index is 13.7. The van der Waals surface area contributed by atoms with Crippen LogP contribution in [0, 0.1) is 0 Å². The minimum atomic E-state index is -4.82. The summed E-state index contributed by atoms with van der Waals surface area (Å²) in [5.41, 5.74) is -0.483. The molecule has 0 bridgehead atoms. The van der Waals surface area contributed by atoms with Crippen molar-refractivity contribution < 1.29 is 40.1 Å². The van der Waals surface area contributed by atoms with E-state index in [0.29, 0.717) is 36.6 Å². The van der Waals surface area contributed by atoms with Crippen LogP contribution in [-0.4, -0.2) is 47.4 Å². The third-order valence-electron chi connectivity index (χ3n) is 6.18. The first-order valence-electron chi connectivity index (χ1n) is 12.5. The Kier molecular flexibility index (Phi) is 9.23. The summed E-state index contributed by atoms with van der Waals surface area (Å²) in [4.78, 5) is 11.4. The predicted octanol–water partition coefficient (Wildman–Crippen LogP) is 5.64. The fourth-order valence-electron chi connectivity index (χ4n) is 4.42. The van der Waals surface area contributed by atoms with Crippen molar-refractivity contribution in [2.75, 3.05) is 13.7 Å². The molecule has 0 spiro atoms. The maximum Gasteiger partial charge on any atom is 0.416 e. The number of ether oxygens (including phenoxy) is 2. The molecule has 12 heteroatoms. The highest BCUT2D eigenvalue weighted by molar-refractivity contribution is 7.89. The molecule has 1 aliphatic rings. The number of carbonyl (C=O) groups excluding carboxylic acids is 1. The first kappa shape index (κ1) is 31.1. The van der Waals surface area contributed by atoms with Crippen LogP contribution in [0.1, 0.15) is 70.2 Å². The fourth-order valence-corrected chi connectivity index (χ4v) is 6.96. The van der Waals surface area contributed by atoms with Crippen molar-refractivity contribution in [2.45, 2.75) is 86.7 Å². The summed E-state index contributed by atoms with van der Waals surface area (Å²) in [6.45, 7) is 8.06. The minimum Gasteiger partial charge on any atom is -0.482 e. The molecule has 0 N–H and O–H groups in total. The number of sulfonamides is 1. The predicted molar refractivity (Wildman–Crippen MR) is 141 cm³/mol. The number of esters is 1. The molecule has 216 valence electrons. The lowest BCUT2D eigenvalue weighted by molar-refractivity contribution is -0.157. The van der Waals surface area contributed by atoms with Gasteiger partial charge in [-0.3, -0.25) is 4.21 Å². The Hall–Kier alpha value is -2.44. The van der Waals surface area contributed by atoms with Crippen LogP contribution in [0.25, 0.3) is 0 Å². The Bertz CT molecular complexity index is 1350. The zero-order chi connectivity index (χ0) is 29.3. The van der Waals surface area contributed by atoms with Crippen molar-refractivity contribution in [2.24, 2.45) is 0 Å². The molecule has 7 nitrogen and oxygen atoms in total. The van der Waals surface area contributed by atoms with E-state index in [-0.39, 0.29) is 11.5 Å². The number of nitrogens with zero attached hydrogens (tertiary/aromatic N) is 1. The summed E-state index contributed by atoms with van der Waals surface area (Å²) in [6.07, 6.45) is -3.22. The van der Waals surface area contributed by atoms with Gasteiger partial charge in [-0.2, -0.15) is 17.5 Å². The van der Waals surface area contributed by atoms with Crippen LogP contribution in [0.5, 0.6) is 5.75 Å². The van der Waals surface area contributed by atoms with E-state index in [1.165, 1.54) is 7.05 Å². The van der Waals surface area contributed by atoms with E-state index >= 15 is 0 Å². The molecular weight excluding hydrogens is 555 g/mol. The van der Waals surface area contributed by atoms with E-state index in [0.717, 1.165) is 22.0 Å². The SMILES string of the molecule is CC(C)[S@@](=O)c1cc(C(F)(F)F)cc(S(=O)(=O)N(C)C2CCCc3c(OCC(=O)OC(C)(C)C)cccc32)c1. The topological polar surface area (TPSA) is 90.0 Å². The number of alkyl halides is 3. The smallest absolute Gasteiger partial charge is 0.416 e. The van der Waals surface area contributed by atoms with Gasteiger partial charge in [0.15, 0.2) is 6.61 Å². The van der Waals surface area contributed by atoms with E-state index in [9.17, 15) is 30.6 Å². The average Bonchev–Trinajstić information content (AvgIpc) is 2.84. The van der Waals surface area contributed by atoms with E-state index in [1.54, 1.807) is 52.8 Å².